The molecule has 0 N–H and O–H groups in total. The molecule has 0 unspecified atom stereocenters. The van der Waals surface area contributed by atoms with E-state index in [2.05, 4.69) is 5.18 Å². The van der Waals surface area contributed by atoms with Crippen molar-refractivity contribution >= 4 is 0 Å². The van der Waals surface area contributed by atoms with Gasteiger partial charge in [-0.05, 0) is 13.8 Å². The first-order valence-corrected chi connectivity index (χ1v) is 2.90. The van der Waals surface area contributed by atoms with Crippen LogP contribution in [-0.2, 0) is 0 Å². The molecule has 50 valence electrons. The van der Waals surface area contributed by atoms with Crippen LogP contribution in [0.15, 0.2) is 29.0 Å². The summed E-state index contributed by atoms with van der Waals surface area (Å²) in [4.78, 5) is 9.59. The third-order valence-corrected chi connectivity index (χ3v) is 0.917. The van der Waals surface area contributed by atoms with Crippen LogP contribution in [-0.4, -0.2) is 6.54 Å². The molecule has 0 saturated heterocycles. The zero-order valence-electron chi connectivity index (χ0n) is 5.79. The van der Waals surface area contributed by atoms with Gasteiger partial charge in [-0.2, -0.15) is 4.91 Å². The molecule has 0 aliphatic carbocycles. The molecule has 0 bridgehead atoms. The second kappa shape index (κ2) is 5.22. The van der Waals surface area contributed by atoms with Crippen LogP contribution in [0.1, 0.15) is 13.8 Å². The van der Waals surface area contributed by atoms with E-state index < -0.39 is 0 Å². The Labute approximate surface area is 55.2 Å². The summed E-state index contributed by atoms with van der Waals surface area (Å²) in [5.74, 6) is 0. The number of hydrogen-bond acceptors (Lipinski definition) is 2. The molecule has 0 heterocycles. The summed E-state index contributed by atoms with van der Waals surface area (Å²) in [6.45, 7) is 4.15. The van der Waals surface area contributed by atoms with Gasteiger partial charge in [0.1, 0.15) is 0 Å². The Morgan fingerprint density at radius 3 is 2.78 bits per heavy atom. The summed E-state index contributed by atoms with van der Waals surface area (Å²) < 4.78 is 0. The van der Waals surface area contributed by atoms with Crippen molar-refractivity contribution in [1.29, 1.82) is 0 Å². The molecule has 0 radical (unpaired) electrons. The predicted octanol–water partition coefficient (Wildman–Crippen LogP) is 2.28. The van der Waals surface area contributed by atoms with Gasteiger partial charge in [-0.25, -0.2) is 0 Å². The summed E-state index contributed by atoms with van der Waals surface area (Å²) in [5.41, 5.74) is 1.08. The second-order valence-electron chi connectivity index (χ2n) is 1.76. The summed E-state index contributed by atoms with van der Waals surface area (Å²) in [6, 6.07) is 0. The first-order valence-electron chi connectivity index (χ1n) is 2.90. The van der Waals surface area contributed by atoms with E-state index in [0.717, 1.165) is 5.57 Å². The minimum absolute atomic E-state index is 0.274. The second-order valence-corrected chi connectivity index (χ2v) is 1.76. The predicted molar refractivity (Wildman–Crippen MR) is 39.2 cm³/mol. The van der Waals surface area contributed by atoms with E-state index in [1.807, 2.05) is 26.0 Å². The molecular formula is C7H11NO. The minimum Gasteiger partial charge on any atom is -0.150 e. The molecule has 0 spiro atoms. The highest BCUT2D eigenvalue weighted by Crippen LogP contribution is 1.93. The van der Waals surface area contributed by atoms with Crippen LogP contribution in [0.4, 0.5) is 0 Å². The Morgan fingerprint density at radius 2 is 2.33 bits per heavy atom. The highest BCUT2D eigenvalue weighted by atomic mass is 16.3. The Bertz CT molecular complexity index is 136. The van der Waals surface area contributed by atoms with E-state index in [0.29, 0.717) is 0 Å². The van der Waals surface area contributed by atoms with Crippen LogP contribution in [0.25, 0.3) is 0 Å². The van der Waals surface area contributed by atoms with E-state index in [1.54, 1.807) is 6.08 Å². The number of nitrogens with zero attached hydrogens (tertiary/aromatic N) is 1. The standard InChI is InChI=1S/C7H11NO/c1-3-4-7(2)5-6-8-9/h3-5H,6H2,1-2H3/b4-3+,7-5+. The number of hydrogen-bond donors (Lipinski definition) is 0. The van der Waals surface area contributed by atoms with Crippen molar-refractivity contribution in [3.05, 3.63) is 28.7 Å². The van der Waals surface area contributed by atoms with Crippen LogP contribution in [0, 0.1) is 4.91 Å². The van der Waals surface area contributed by atoms with Gasteiger partial charge in [-0.15, -0.1) is 0 Å². The van der Waals surface area contributed by atoms with Gasteiger partial charge in [-0.3, -0.25) is 0 Å². The fourth-order valence-corrected chi connectivity index (χ4v) is 0.512. The Morgan fingerprint density at radius 1 is 1.67 bits per heavy atom. The van der Waals surface area contributed by atoms with E-state index in [4.69, 9.17) is 0 Å². The third kappa shape index (κ3) is 4.94. The summed E-state index contributed by atoms with van der Waals surface area (Å²) in [7, 11) is 0. The highest BCUT2D eigenvalue weighted by Gasteiger charge is 1.77. The molecule has 0 aromatic rings. The maximum Gasteiger partial charge on any atom is 0.0997 e. The van der Waals surface area contributed by atoms with Crippen molar-refractivity contribution in [2.24, 2.45) is 5.18 Å². The molecule has 0 aromatic heterocycles. The quantitative estimate of drug-likeness (QED) is 0.420. The molecular weight excluding hydrogens is 114 g/mol. The average Bonchev–Trinajstić information content (AvgIpc) is 1.85. The molecule has 0 fully saturated rings. The normalized spacial score (nSPS) is 12.4. The lowest BCUT2D eigenvalue weighted by Gasteiger charge is -1.84. The lowest BCUT2D eigenvalue weighted by Crippen LogP contribution is -1.72. The van der Waals surface area contributed by atoms with Crippen molar-refractivity contribution in [3.8, 4) is 0 Å². The third-order valence-electron chi connectivity index (χ3n) is 0.917. The van der Waals surface area contributed by atoms with Gasteiger partial charge in [0.25, 0.3) is 0 Å². The maximum atomic E-state index is 9.59. The molecule has 2 nitrogen and oxygen atoms in total. The van der Waals surface area contributed by atoms with Crippen LogP contribution in [0.2, 0.25) is 0 Å². The molecule has 0 rings (SSSR count). The lowest BCUT2D eigenvalue weighted by atomic mass is 10.2. The molecule has 2 heteroatoms. The fraction of sp³-hybridized carbons (Fsp3) is 0.429. The Kier molecular flexibility index (Phi) is 4.69. The number of rotatable bonds is 3. The van der Waals surface area contributed by atoms with Crippen LogP contribution >= 0.6 is 0 Å². The zero-order valence-corrected chi connectivity index (χ0v) is 5.79. The first-order chi connectivity index (χ1) is 4.31. The SMILES string of the molecule is C/C=C/C(C)=C/CN=O. The van der Waals surface area contributed by atoms with Crippen LogP contribution < -0.4 is 0 Å². The Hall–Kier alpha value is -0.920. The van der Waals surface area contributed by atoms with Gasteiger partial charge in [-0.1, -0.05) is 29.0 Å². The Balaban J connectivity index is 3.68. The number of allylic oxidation sites excluding steroid dienone is 3. The van der Waals surface area contributed by atoms with Gasteiger partial charge in [0, 0.05) is 0 Å². The van der Waals surface area contributed by atoms with Gasteiger partial charge in [0.15, 0.2) is 0 Å². The van der Waals surface area contributed by atoms with Crippen molar-refractivity contribution in [2.45, 2.75) is 13.8 Å². The van der Waals surface area contributed by atoms with E-state index >= 15 is 0 Å². The molecule has 0 aromatic carbocycles. The van der Waals surface area contributed by atoms with Gasteiger partial charge in [0.05, 0.1) is 6.54 Å². The van der Waals surface area contributed by atoms with Crippen molar-refractivity contribution < 1.29 is 0 Å². The molecule has 0 aliphatic heterocycles. The van der Waals surface area contributed by atoms with Crippen molar-refractivity contribution in [1.82, 2.24) is 0 Å². The zero-order chi connectivity index (χ0) is 7.11. The fourth-order valence-electron chi connectivity index (χ4n) is 0.512. The highest BCUT2D eigenvalue weighted by molar-refractivity contribution is 5.15. The molecule has 9 heavy (non-hydrogen) atoms. The van der Waals surface area contributed by atoms with Crippen molar-refractivity contribution in [2.75, 3.05) is 6.54 Å². The summed E-state index contributed by atoms with van der Waals surface area (Å²) in [5, 5.41) is 2.70. The van der Waals surface area contributed by atoms with E-state index in [-0.39, 0.29) is 6.54 Å². The lowest BCUT2D eigenvalue weighted by molar-refractivity contribution is 1.20. The monoisotopic (exact) mass is 125 g/mol. The smallest absolute Gasteiger partial charge is 0.0997 e. The van der Waals surface area contributed by atoms with E-state index in [9.17, 15) is 4.91 Å². The van der Waals surface area contributed by atoms with Crippen LogP contribution in [0.5, 0.6) is 0 Å². The maximum absolute atomic E-state index is 9.59. The first kappa shape index (κ1) is 8.08. The topological polar surface area (TPSA) is 29.4 Å². The van der Waals surface area contributed by atoms with Gasteiger partial charge < -0.3 is 0 Å². The van der Waals surface area contributed by atoms with E-state index in [1.165, 1.54) is 0 Å². The minimum atomic E-state index is 0.274. The summed E-state index contributed by atoms with van der Waals surface area (Å²) >= 11 is 0. The molecule has 0 atom stereocenters. The molecule has 0 saturated carbocycles. The molecule has 0 amide bonds. The number of nitroso groups, excluding NO2 is 1. The largest absolute Gasteiger partial charge is 0.150 e. The average molecular weight is 125 g/mol. The van der Waals surface area contributed by atoms with Crippen molar-refractivity contribution in [3.63, 3.8) is 0 Å². The van der Waals surface area contributed by atoms with Gasteiger partial charge in [0.2, 0.25) is 0 Å². The van der Waals surface area contributed by atoms with Gasteiger partial charge >= 0.3 is 0 Å². The van der Waals surface area contributed by atoms with Crippen LogP contribution in [0.3, 0.4) is 0 Å². The summed E-state index contributed by atoms with van der Waals surface area (Å²) in [6.07, 6.45) is 5.65. The molecule has 0 aliphatic rings.